The summed E-state index contributed by atoms with van der Waals surface area (Å²) in [4.78, 5) is 12.3. The molecule has 17 heavy (non-hydrogen) atoms. The van der Waals surface area contributed by atoms with Crippen molar-refractivity contribution in [3.05, 3.63) is 52.3 Å². The lowest BCUT2D eigenvalue weighted by molar-refractivity contribution is 0.603. The fourth-order valence-corrected chi connectivity index (χ4v) is 1.89. The number of nitrogens with zero attached hydrogens (tertiary/aromatic N) is 3. The minimum Gasteiger partial charge on any atom is -0.270 e. The van der Waals surface area contributed by atoms with E-state index >= 15 is 0 Å². The Bertz CT molecular complexity index is 505. The number of rotatable bonds is 3. The first kappa shape index (κ1) is 12.2. The number of nitrogens with two attached hydrogens (primary N) is 1. The van der Waals surface area contributed by atoms with Crippen LogP contribution in [0.25, 0.3) is 0 Å². The number of hydrazine groups is 1. The zero-order valence-corrected chi connectivity index (χ0v) is 10.2. The van der Waals surface area contributed by atoms with Crippen LogP contribution in [-0.2, 0) is 0 Å². The third kappa shape index (κ3) is 2.70. The molecule has 5 nitrogen and oxygen atoms in total. The molecule has 0 aliphatic rings. The Labute approximate surface area is 108 Å². The van der Waals surface area contributed by atoms with Gasteiger partial charge < -0.3 is 0 Å². The van der Waals surface area contributed by atoms with Gasteiger partial charge in [0.1, 0.15) is 6.04 Å². The third-order valence-corrected chi connectivity index (χ3v) is 2.66. The van der Waals surface area contributed by atoms with Gasteiger partial charge in [0.15, 0.2) is 0 Å². The summed E-state index contributed by atoms with van der Waals surface area (Å²) in [6.07, 6.45) is 6.25. The van der Waals surface area contributed by atoms with E-state index in [1.165, 1.54) is 6.20 Å². The van der Waals surface area contributed by atoms with Crippen LogP contribution < -0.4 is 11.3 Å². The molecular formula is C10H9Cl2N5. The van der Waals surface area contributed by atoms with E-state index in [9.17, 15) is 0 Å². The lowest BCUT2D eigenvalue weighted by Gasteiger charge is -2.15. The maximum Gasteiger partial charge on any atom is 0.108 e. The van der Waals surface area contributed by atoms with Crippen molar-refractivity contribution >= 4 is 23.2 Å². The topological polar surface area (TPSA) is 76.7 Å². The highest BCUT2D eigenvalue weighted by Crippen LogP contribution is 2.26. The molecule has 0 bridgehead atoms. The number of halogens is 2. The SMILES string of the molecule is NNC(c1cnccn1)c1ncc(Cl)cc1Cl. The van der Waals surface area contributed by atoms with Crippen LogP contribution in [-0.4, -0.2) is 15.0 Å². The van der Waals surface area contributed by atoms with Crippen molar-refractivity contribution in [2.75, 3.05) is 0 Å². The molecule has 0 aliphatic carbocycles. The smallest absolute Gasteiger partial charge is 0.108 e. The van der Waals surface area contributed by atoms with E-state index in [1.807, 2.05) is 0 Å². The van der Waals surface area contributed by atoms with E-state index < -0.39 is 6.04 Å². The van der Waals surface area contributed by atoms with Gasteiger partial charge in [-0.3, -0.25) is 20.8 Å². The van der Waals surface area contributed by atoms with E-state index in [-0.39, 0.29) is 0 Å². The number of pyridine rings is 1. The Morgan fingerprint density at radius 1 is 1.18 bits per heavy atom. The van der Waals surface area contributed by atoms with Gasteiger partial charge in [0.05, 0.1) is 27.6 Å². The molecule has 0 radical (unpaired) electrons. The highest BCUT2D eigenvalue weighted by molar-refractivity contribution is 6.34. The first-order valence-electron chi connectivity index (χ1n) is 4.75. The number of hydrogen-bond acceptors (Lipinski definition) is 5. The van der Waals surface area contributed by atoms with Gasteiger partial charge in [-0.15, -0.1) is 0 Å². The van der Waals surface area contributed by atoms with Gasteiger partial charge in [0.2, 0.25) is 0 Å². The lowest BCUT2D eigenvalue weighted by atomic mass is 10.1. The van der Waals surface area contributed by atoms with Gasteiger partial charge in [0, 0.05) is 18.6 Å². The van der Waals surface area contributed by atoms with Crippen molar-refractivity contribution in [1.29, 1.82) is 0 Å². The van der Waals surface area contributed by atoms with Gasteiger partial charge in [-0.2, -0.15) is 0 Å². The molecule has 1 atom stereocenters. The molecule has 1 unspecified atom stereocenters. The van der Waals surface area contributed by atoms with Crippen molar-refractivity contribution in [2.45, 2.75) is 6.04 Å². The normalized spacial score (nSPS) is 12.4. The largest absolute Gasteiger partial charge is 0.270 e. The lowest BCUT2D eigenvalue weighted by Crippen LogP contribution is -2.30. The molecule has 0 aliphatic heterocycles. The molecule has 2 rings (SSSR count). The van der Waals surface area contributed by atoms with Crippen LogP contribution in [0.3, 0.4) is 0 Å². The molecule has 0 fully saturated rings. The molecule has 3 N–H and O–H groups in total. The van der Waals surface area contributed by atoms with E-state index in [0.29, 0.717) is 21.4 Å². The predicted molar refractivity (Wildman–Crippen MR) is 65.5 cm³/mol. The second-order valence-corrected chi connectivity index (χ2v) is 4.09. The van der Waals surface area contributed by atoms with Crippen molar-refractivity contribution in [2.24, 2.45) is 5.84 Å². The van der Waals surface area contributed by atoms with Crippen LogP contribution in [0.4, 0.5) is 0 Å². The fraction of sp³-hybridized carbons (Fsp3) is 0.100. The minimum atomic E-state index is -0.423. The van der Waals surface area contributed by atoms with E-state index in [4.69, 9.17) is 29.0 Å². The van der Waals surface area contributed by atoms with Gasteiger partial charge in [-0.25, -0.2) is 5.43 Å². The highest BCUT2D eigenvalue weighted by atomic mass is 35.5. The minimum absolute atomic E-state index is 0.422. The standard InChI is InChI=1S/C10H9Cl2N5/c11-6-3-7(12)9(16-4-6)10(17-13)8-5-14-1-2-15-8/h1-5,10,17H,13H2. The summed E-state index contributed by atoms with van der Waals surface area (Å²) in [5.74, 6) is 5.49. The summed E-state index contributed by atoms with van der Waals surface area (Å²) in [7, 11) is 0. The van der Waals surface area contributed by atoms with Crippen LogP contribution >= 0.6 is 23.2 Å². The zero-order chi connectivity index (χ0) is 12.3. The zero-order valence-electron chi connectivity index (χ0n) is 8.64. The van der Waals surface area contributed by atoms with Gasteiger partial charge in [0.25, 0.3) is 0 Å². The quantitative estimate of drug-likeness (QED) is 0.656. The Balaban J connectivity index is 2.42. The highest BCUT2D eigenvalue weighted by Gasteiger charge is 2.18. The van der Waals surface area contributed by atoms with E-state index in [0.717, 1.165) is 0 Å². The number of hydrogen-bond donors (Lipinski definition) is 2. The first-order chi connectivity index (χ1) is 8.22. The molecule has 0 aromatic carbocycles. The summed E-state index contributed by atoms with van der Waals surface area (Å²) in [5, 5.41) is 0.889. The molecule has 0 amide bonds. The van der Waals surface area contributed by atoms with Crippen LogP contribution in [0.5, 0.6) is 0 Å². The van der Waals surface area contributed by atoms with E-state index in [2.05, 4.69) is 20.4 Å². The average molecular weight is 270 g/mol. The predicted octanol–water partition coefficient (Wildman–Crippen LogP) is 1.73. The van der Waals surface area contributed by atoms with Crippen molar-refractivity contribution < 1.29 is 0 Å². The fourth-order valence-electron chi connectivity index (χ4n) is 1.40. The molecule has 0 saturated carbocycles. The maximum absolute atomic E-state index is 6.06. The second-order valence-electron chi connectivity index (χ2n) is 3.25. The molecule has 2 aromatic heterocycles. The van der Waals surface area contributed by atoms with Gasteiger partial charge in [-0.1, -0.05) is 23.2 Å². The Morgan fingerprint density at radius 3 is 2.59 bits per heavy atom. The van der Waals surface area contributed by atoms with Crippen LogP contribution in [0.1, 0.15) is 17.4 Å². The molecular weight excluding hydrogens is 261 g/mol. The first-order valence-corrected chi connectivity index (χ1v) is 5.51. The summed E-state index contributed by atoms with van der Waals surface area (Å²) in [6, 6.07) is 1.18. The molecule has 0 spiro atoms. The summed E-state index contributed by atoms with van der Waals surface area (Å²) >= 11 is 11.8. The van der Waals surface area contributed by atoms with Crippen LogP contribution in [0, 0.1) is 0 Å². The molecule has 2 heterocycles. The molecule has 2 aromatic rings. The summed E-state index contributed by atoms with van der Waals surface area (Å²) in [5.41, 5.74) is 3.79. The van der Waals surface area contributed by atoms with Gasteiger partial charge in [-0.05, 0) is 6.07 Å². The third-order valence-electron chi connectivity index (χ3n) is 2.16. The second kappa shape index (κ2) is 5.37. The number of aromatic nitrogens is 3. The van der Waals surface area contributed by atoms with E-state index in [1.54, 1.807) is 24.7 Å². The number of nitrogens with one attached hydrogen (secondary N) is 1. The summed E-state index contributed by atoms with van der Waals surface area (Å²) in [6.45, 7) is 0. The molecule has 7 heteroatoms. The Morgan fingerprint density at radius 2 is 2.00 bits per heavy atom. The molecule has 0 saturated heterocycles. The van der Waals surface area contributed by atoms with Gasteiger partial charge >= 0.3 is 0 Å². The summed E-state index contributed by atoms with van der Waals surface area (Å²) < 4.78 is 0. The van der Waals surface area contributed by atoms with Crippen molar-refractivity contribution in [3.8, 4) is 0 Å². The Kier molecular flexibility index (Phi) is 3.86. The monoisotopic (exact) mass is 269 g/mol. The Hall–Kier alpha value is -1.27. The van der Waals surface area contributed by atoms with Crippen molar-refractivity contribution in [1.82, 2.24) is 20.4 Å². The molecule has 88 valence electrons. The van der Waals surface area contributed by atoms with Crippen LogP contribution in [0.2, 0.25) is 10.0 Å². The van der Waals surface area contributed by atoms with Crippen LogP contribution in [0.15, 0.2) is 30.9 Å². The van der Waals surface area contributed by atoms with Crippen molar-refractivity contribution in [3.63, 3.8) is 0 Å². The average Bonchev–Trinajstić information content (AvgIpc) is 2.34. The maximum atomic E-state index is 6.06.